The quantitative estimate of drug-likeness (QED) is 0.605. The summed E-state index contributed by atoms with van der Waals surface area (Å²) in [6, 6.07) is 4.62. The number of para-hydroxylation sites is 1. The number of benzene rings is 1. The highest BCUT2D eigenvalue weighted by Crippen LogP contribution is 2.36. The van der Waals surface area contributed by atoms with Gasteiger partial charge in [0, 0.05) is 25.5 Å². The zero-order valence-corrected chi connectivity index (χ0v) is 13.9. The third-order valence-electron chi connectivity index (χ3n) is 4.18. The van der Waals surface area contributed by atoms with Crippen LogP contribution in [0.2, 0.25) is 0 Å². The van der Waals surface area contributed by atoms with E-state index in [0.717, 1.165) is 19.1 Å². The molecule has 0 aliphatic carbocycles. The van der Waals surface area contributed by atoms with E-state index in [0.29, 0.717) is 18.8 Å². The van der Waals surface area contributed by atoms with Crippen LogP contribution in [0.3, 0.4) is 0 Å². The molecule has 0 amide bonds. The van der Waals surface area contributed by atoms with Gasteiger partial charge in [-0.1, -0.05) is 11.3 Å². The van der Waals surface area contributed by atoms with Gasteiger partial charge in [-0.25, -0.2) is 13.1 Å². The fourth-order valence-corrected chi connectivity index (χ4v) is 3.89. The number of nitro benzene ring substituents is 1. The van der Waals surface area contributed by atoms with Crippen molar-refractivity contribution in [3.63, 3.8) is 0 Å². The van der Waals surface area contributed by atoms with Crippen molar-refractivity contribution in [1.82, 2.24) is 15.0 Å². The Bertz CT molecular complexity index is 842. The van der Waals surface area contributed by atoms with E-state index in [2.05, 4.69) is 10.3 Å². The van der Waals surface area contributed by atoms with Gasteiger partial charge in [-0.3, -0.25) is 10.1 Å². The number of nitro groups is 1. The van der Waals surface area contributed by atoms with Crippen LogP contribution in [0.4, 0.5) is 11.4 Å². The minimum Gasteiger partial charge on any atom is -0.366 e. The molecule has 0 atom stereocenters. The van der Waals surface area contributed by atoms with Crippen LogP contribution in [-0.2, 0) is 9.84 Å². The molecule has 0 saturated carbocycles. The molecule has 9 nitrogen and oxygen atoms in total. The van der Waals surface area contributed by atoms with Crippen molar-refractivity contribution in [2.24, 2.45) is 0 Å². The summed E-state index contributed by atoms with van der Waals surface area (Å²) in [5.74, 6) is 0. The Morgan fingerprint density at radius 3 is 2.54 bits per heavy atom. The molecule has 10 heteroatoms. The minimum absolute atomic E-state index is 0.195. The van der Waals surface area contributed by atoms with Crippen LogP contribution in [0.5, 0.6) is 0 Å². The fourth-order valence-electron chi connectivity index (χ4n) is 3.03. The van der Waals surface area contributed by atoms with Crippen molar-refractivity contribution >= 4 is 21.2 Å². The molecule has 2 aromatic rings. The Balaban J connectivity index is 1.89. The molecule has 24 heavy (non-hydrogen) atoms. The van der Waals surface area contributed by atoms with Gasteiger partial charge in [0.05, 0.1) is 17.2 Å². The highest BCUT2D eigenvalue weighted by atomic mass is 32.2. The van der Waals surface area contributed by atoms with Crippen molar-refractivity contribution in [1.29, 1.82) is 0 Å². The van der Waals surface area contributed by atoms with E-state index in [1.165, 1.54) is 6.07 Å². The Kier molecular flexibility index (Phi) is 4.22. The summed E-state index contributed by atoms with van der Waals surface area (Å²) < 4.78 is 25.5. The summed E-state index contributed by atoms with van der Waals surface area (Å²) in [5, 5.41) is 19.3. The molecule has 128 valence electrons. The largest absolute Gasteiger partial charge is 0.366 e. The Morgan fingerprint density at radius 1 is 1.29 bits per heavy atom. The average Bonchev–Trinajstić information content (AvgIpc) is 3.08. The molecule has 0 spiro atoms. The molecule has 0 bridgehead atoms. The van der Waals surface area contributed by atoms with Gasteiger partial charge in [0.15, 0.2) is 9.84 Å². The van der Waals surface area contributed by atoms with Crippen molar-refractivity contribution in [3.05, 3.63) is 40.7 Å². The van der Waals surface area contributed by atoms with Crippen molar-refractivity contribution in [2.45, 2.75) is 23.8 Å². The van der Waals surface area contributed by atoms with Gasteiger partial charge in [0.1, 0.15) is 10.6 Å². The molecule has 1 aliphatic rings. The van der Waals surface area contributed by atoms with E-state index in [1.54, 1.807) is 29.2 Å². The van der Waals surface area contributed by atoms with Crippen molar-refractivity contribution in [2.75, 3.05) is 24.2 Å². The molecule has 1 aromatic carbocycles. The zero-order valence-electron chi connectivity index (χ0n) is 13.1. The first-order valence-corrected chi connectivity index (χ1v) is 9.35. The summed E-state index contributed by atoms with van der Waals surface area (Å²) in [4.78, 5) is 12.5. The summed E-state index contributed by atoms with van der Waals surface area (Å²) in [6.45, 7) is 1.16. The van der Waals surface area contributed by atoms with Gasteiger partial charge >= 0.3 is 5.69 Å². The number of aromatic nitrogens is 3. The first kappa shape index (κ1) is 16.4. The van der Waals surface area contributed by atoms with Crippen molar-refractivity contribution < 1.29 is 13.3 Å². The monoisotopic (exact) mass is 351 g/mol. The predicted octanol–water partition coefficient (Wildman–Crippen LogP) is 1.43. The standard InChI is InChI=1S/C14H17N5O4S/c1-24(22,23)13-4-2-3-12(14(13)19(20)21)17-8-5-11(6-9-17)18-10-7-15-16-18/h2-4,7,10-11H,5-6,8-9H2,1H3. The lowest BCUT2D eigenvalue weighted by Gasteiger charge is -2.33. The lowest BCUT2D eigenvalue weighted by Crippen LogP contribution is -2.35. The number of anilines is 1. The van der Waals surface area contributed by atoms with Crippen molar-refractivity contribution in [3.8, 4) is 0 Å². The maximum absolute atomic E-state index is 11.9. The van der Waals surface area contributed by atoms with Gasteiger partial charge in [0.2, 0.25) is 0 Å². The molecular weight excluding hydrogens is 334 g/mol. The maximum Gasteiger partial charge on any atom is 0.311 e. The molecule has 0 N–H and O–H groups in total. The maximum atomic E-state index is 11.9. The second-order valence-corrected chi connectivity index (χ2v) is 7.74. The van der Waals surface area contributed by atoms with Crippen LogP contribution in [0.15, 0.2) is 35.5 Å². The fraction of sp³-hybridized carbons (Fsp3) is 0.429. The number of rotatable bonds is 4. The highest BCUT2D eigenvalue weighted by molar-refractivity contribution is 7.90. The summed E-state index contributed by atoms with van der Waals surface area (Å²) in [5.41, 5.74) is -0.000767. The minimum atomic E-state index is -3.68. The number of nitrogens with zero attached hydrogens (tertiary/aromatic N) is 5. The molecule has 1 fully saturated rings. The Hall–Kier alpha value is -2.49. The van der Waals surface area contributed by atoms with Crippen LogP contribution in [-0.4, -0.2) is 47.7 Å². The number of hydrogen-bond donors (Lipinski definition) is 0. The van der Waals surface area contributed by atoms with E-state index < -0.39 is 14.8 Å². The summed E-state index contributed by atoms with van der Waals surface area (Å²) in [7, 11) is -3.68. The van der Waals surface area contributed by atoms with Gasteiger partial charge < -0.3 is 4.90 Å². The van der Waals surface area contributed by atoms with Gasteiger partial charge in [-0.15, -0.1) is 5.10 Å². The van der Waals surface area contributed by atoms with E-state index in [1.807, 2.05) is 4.90 Å². The summed E-state index contributed by atoms with van der Waals surface area (Å²) >= 11 is 0. The van der Waals surface area contributed by atoms with Gasteiger partial charge in [-0.05, 0) is 25.0 Å². The molecule has 1 aliphatic heterocycles. The van der Waals surface area contributed by atoms with Crippen LogP contribution >= 0.6 is 0 Å². The molecule has 1 saturated heterocycles. The predicted molar refractivity (Wildman–Crippen MR) is 86.7 cm³/mol. The Morgan fingerprint density at radius 2 is 2.00 bits per heavy atom. The smallest absolute Gasteiger partial charge is 0.311 e. The van der Waals surface area contributed by atoms with Gasteiger partial charge in [-0.2, -0.15) is 0 Å². The lowest BCUT2D eigenvalue weighted by molar-refractivity contribution is -0.387. The van der Waals surface area contributed by atoms with E-state index in [-0.39, 0.29) is 16.6 Å². The van der Waals surface area contributed by atoms with Crippen LogP contribution in [0.1, 0.15) is 18.9 Å². The molecule has 2 heterocycles. The zero-order chi connectivity index (χ0) is 17.3. The number of sulfone groups is 1. The first-order chi connectivity index (χ1) is 11.4. The van der Waals surface area contributed by atoms with Crippen LogP contribution in [0, 0.1) is 10.1 Å². The average molecular weight is 351 g/mol. The molecule has 0 unspecified atom stereocenters. The summed E-state index contributed by atoms with van der Waals surface area (Å²) in [6.07, 6.45) is 5.91. The third kappa shape index (κ3) is 3.09. The van der Waals surface area contributed by atoms with Crippen LogP contribution < -0.4 is 4.90 Å². The normalized spacial score (nSPS) is 16.3. The topological polar surface area (TPSA) is 111 Å². The van der Waals surface area contributed by atoms with E-state index >= 15 is 0 Å². The van der Waals surface area contributed by atoms with Crippen LogP contribution in [0.25, 0.3) is 0 Å². The molecular formula is C14H17N5O4S. The first-order valence-electron chi connectivity index (χ1n) is 7.46. The number of piperidine rings is 1. The molecule has 1 aromatic heterocycles. The molecule has 3 rings (SSSR count). The second-order valence-electron chi connectivity index (χ2n) is 5.75. The Labute approximate surface area is 139 Å². The van der Waals surface area contributed by atoms with E-state index in [9.17, 15) is 18.5 Å². The lowest BCUT2D eigenvalue weighted by atomic mass is 10.0. The molecule has 0 radical (unpaired) electrons. The van der Waals surface area contributed by atoms with Gasteiger partial charge in [0.25, 0.3) is 0 Å². The number of hydrogen-bond acceptors (Lipinski definition) is 7. The highest BCUT2D eigenvalue weighted by Gasteiger charge is 2.31. The SMILES string of the molecule is CS(=O)(=O)c1cccc(N2CCC(n3ccnn3)CC2)c1[N+](=O)[O-]. The third-order valence-corrected chi connectivity index (χ3v) is 5.31. The van der Waals surface area contributed by atoms with E-state index in [4.69, 9.17) is 0 Å². The second kappa shape index (κ2) is 6.19.